The summed E-state index contributed by atoms with van der Waals surface area (Å²) in [4.78, 5) is 23.6. The van der Waals surface area contributed by atoms with Crippen molar-refractivity contribution < 1.29 is 14.3 Å². The summed E-state index contributed by atoms with van der Waals surface area (Å²) >= 11 is 0. The smallest absolute Gasteiger partial charge is 0.239 e. The lowest BCUT2D eigenvalue weighted by Crippen LogP contribution is -2.51. The molecule has 0 radical (unpaired) electrons. The van der Waals surface area contributed by atoms with Gasteiger partial charge in [-0.25, -0.2) is 0 Å². The molecule has 2 aliphatic rings. The third kappa shape index (κ3) is 6.63. The van der Waals surface area contributed by atoms with Gasteiger partial charge in [-0.1, -0.05) is 19.3 Å². The average molecular weight is 320 g/mol. The molecule has 1 unspecified atom stereocenters. The van der Waals surface area contributed by atoms with E-state index in [4.69, 9.17) is 4.74 Å². The first-order valence-electron chi connectivity index (χ1n) is 7.64. The number of hydrogen-bond acceptors (Lipinski definition) is 4. The number of rotatable bonds is 5. The van der Waals surface area contributed by atoms with Crippen LogP contribution in [-0.4, -0.2) is 50.2 Å². The number of halogens is 1. The van der Waals surface area contributed by atoms with Gasteiger partial charge in [-0.05, 0) is 12.8 Å². The number of amides is 2. The molecule has 6 nitrogen and oxygen atoms in total. The second-order valence-corrected chi connectivity index (χ2v) is 5.53. The predicted molar refractivity (Wildman–Crippen MR) is 82.5 cm³/mol. The minimum Gasteiger partial charge on any atom is -0.378 e. The lowest BCUT2D eigenvalue weighted by Gasteiger charge is -2.24. The maximum Gasteiger partial charge on any atom is 0.239 e. The SMILES string of the molecule is Cl.O=C(CCNC(=O)C1COCCN1)NC1CCCCC1. The molecule has 122 valence electrons. The molecular formula is C14H26ClN3O3. The average Bonchev–Trinajstić information content (AvgIpc) is 2.49. The molecule has 7 heteroatoms. The van der Waals surface area contributed by atoms with E-state index in [1.165, 1.54) is 19.3 Å². The fourth-order valence-corrected chi connectivity index (χ4v) is 2.70. The van der Waals surface area contributed by atoms with Gasteiger partial charge in [-0.2, -0.15) is 0 Å². The maximum atomic E-state index is 11.8. The zero-order chi connectivity index (χ0) is 14.2. The molecule has 2 rings (SSSR count). The Morgan fingerprint density at radius 1 is 1.19 bits per heavy atom. The standard InChI is InChI=1S/C14H25N3O3.ClH/c18-13(17-11-4-2-1-3-5-11)6-7-16-14(19)12-10-20-9-8-15-12;/h11-12,15H,1-10H2,(H,16,19)(H,17,18);1H. The molecular weight excluding hydrogens is 294 g/mol. The Kier molecular flexibility index (Phi) is 8.64. The first-order valence-corrected chi connectivity index (χ1v) is 7.64. The molecule has 1 heterocycles. The molecule has 3 N–H and O–H groups in total. The van der Waals surface area contributed by atoms with Gasteiger partial charge in [-0.15, -0.1) is 12.4 Å². The number of ether oxygens (including phenoxy) is 1. The lowest BCUT2D eigenvalue weighted by molar-refractivity contribution is -0.126. The first-order chi connectivity index (χ1) is 9.75. The van der Waals surface area contributed by atoms with Crippen LogP contribution in [0.15, 0.2) is 0 Å². The molecule has 0 bridgehead atoms. The maximum absolute atomic E-state index is 11.8. The van der Waals surface area contributed by atoms with Crippen molar-refractivity contribution in [3.8, 4) is 0 Å². The number of carbonyl (C=O) groups excluding carboxylic acids is 2. The van der Waals surface area contributed by atoms with Gasteiger partial charge in [0.15, 0.2) is 0 Å². The number of carbonyl (C=O) groups is 2. The van der Waals surface area contributed by atoms with E-state index < -0.39 is 0 Å². The van der Waals surface area contributed by atoms with E-state index in [-0.39, 0.29) is 30.3 Å². The molecule has 2 fully saturated rings. The fraction of sp³-hybridized carbons (Fsp3) is 0.857. The molecule has 0 spiro atoms. The van der Waals surface area contributed by atoms with Gasteiger partial charge >= 0.3 is 0 Å². The minimum absolute atomic E-state index is 0. The van der Waals surface area contributed by atoms with Crippen molar-refractivity contribution in [1.29, 1.82) is 0 Å². The van der Waals surface area contributed by atoms with E-state index in [1.54, 1.807) is 0 Å². The molecule has 0 aromatic heterocycles. The fourth-order valence-electron chi connectivity index (χ4n) is 2.70. The van der Waals surface area contributed by atoms with Crippen molar-refractivity contribution in [2.45, 2.75) is 50.6 Å². The van der Waals surface area contributed by atoms with Crippen molar-refractivity contribution >= 4 is 24.2 Å². The molecule has 2 amide bonds. The summed E-state index contributed by atoms with van der Waals surface area (Å²) in [6.45, 7) is 2.13. The number of nitrogens with one attached hydrogen (secondary N) is 3. The largest absolute Gasteiger partial charge is 0.378 e. The van der Waals surface area contributed by atoms with Crippen LogP contribution in [0.2, 0.25) is 0 Å². The van der Waals surface area contributed by atoms with E-state index in [2.05, 4.69) is 16.0 Å². The minimum atomic E-state index is -0.287. The number of hydrogen-bond donors (Lipinski definition) is 3. The molecule has 21 heavy (non-hydrogen) atoms. The van der Waals surface area contributed by atoms with Crippen LogP contribution in [-0.2, 0) is 14.3 Å². The van der Waals surface area contributed by atoms with Crippen LogP contribution in [0.1, 0.15) is 38.5 Å². The van der Waals surface area contributed by atoms with Crippen LogP contribution in [0.4, 0.5) is 0 Å². The van der Waals surface area contributed by atoms with E-state index in [1.807, 2.05) is 0 Å². The highest BCUT2D eigenvalue weighted by Gasteiger charge is 2.21. The molecule has 1 saturated carbocycles. The third-order valence-electron chi connectivity index (χ3n) is 3.86. The van der Waals surface area contributed by atoms with Crippen molar-refractivity contribution in [3.05, 3.63) is 0 Å². The summed E-state index contributed by atoms with van der Waals surface area (Å²) in [5, 5.41) is 8.90. The normalized spacial score (nSPS) is 23.0. The molecule has 0 aromatic rings. The molecule has 1 saturated heterocycles. The van der Waals surface area contributed by atoms with E-state index in [0.29, 0.717) is 38.8 Å². The summed E-state index contributed by atoms with van der Waals surface area (Å²) < 4.78 is 5.23. The zero-order valence-electron chi connectivity index (χ0n) is 12.4. The Hall–Kier alpha value is -0.850. The van der Waals surface area contributed by atoms with Crippen LogP contribution in [0, 0.1) is 0 Å². The van der Waals surface area contributed by atoms with Crippen molar-refractivity contribution in [3.63, 3.8) is 0 Å². The summed E-state index contributed by atoms with van der Waals surface area (Å²) in [6.07, 6.45) is 6.20. The van der Waals surface area contributed by atoms with Gasteiger partial charge in [0, 0.05) is 25.6 Å². The Balaban J connectivity index is 0.00000220. The highest BCUT2D eigenvalue weighted by atomic mass is 35.5. The first kappa shape index (κ1) is 18.2. The Bertz CT molecular complexity index is 329. The molecule has 1 atom stereocenters. The van der Waals surface area contributed by atoms with Gasteiger partial charge in [0.25, 0.3) is 0 Å². The lowest BCUT2D eigenvalue weighted by atomic mass is 9.95. The van der Waals surface area contributed by atoms with Gasteiger partial charge in [0.2, 0.25) is 11.8 Å². The van der Waals surface area contributed by atoms with Gasteiger partial charge in [0.1, 0.15) is 6.04 Å². The van der Waals surface area contributed by atoms with Gasteiger partial charge in [-0.3, -0.25) is 9.59 Å². The van der Waals surface area contributed by atoms with Crippen LogP contribution in [0.25, 0.3) is 0 Å². The highest BCUT2D eigenvalue weighted by molar-refractivity contribution is 5.85. The quantitative estimate of drug-likeness (QED) is 0.683. The summed E-state index contributed by atoms with van der Waals surface area (Å²) in [5.41, 5.74) is 0. The zero-order valence-corrected chi connectivity index (χ0v) is 13.2. The van der Waals surface area contributed by atoms with E-state index in [9.17, 15) is 9.59 Å². The van der Waals surface area contributed by atoms with Crippen LogP contribution < -0.4 is 16.0 Å². The summed E-state index contributed by atoms with van der Waals surface area (Å²) in [7, 11) is 0. The summed E-state index contributed by atoms with van der Waals surface area (Å²) in [5.74, 6) is -0.0554. The second-order valence-electron chi connectivity index (χ2n) is 5.53. The Morgan fingerprint density at radius 2 is 1.95 bits per heavy atom. The second kappa shape index (κ2) is 9.97. The van der Waals surface area contributed by atoms with Crippen molar-refractivity contribution in [2.75, 3.05) is 26.3 Å². The monoisotopic (exact) mass is 319 g/mol. The third-order valence-corrected chi connectivity index (χ3v) is 3.86. The topological polar surface area (TPSA) is 79.5 Å². The molecule has 0 aromatic carbocycles. The van der Waals surface area contributed by atoms with Crippen molar-refractivity contribution in [2.24, 2.45) is 0 Å². The predicted octanol–water partition coefficient (Wildman–Crippen LogP) is 0.352. The van der Waals surface area contributed by atoms with E-state index in [0.717, 1.165) is 12.8 Å². The molecule has 1 aliphatic carbocycles. The van der Waals surface area contributed by atoms with Crippen LogP contribution in [0.3, 0.4) is 0 Å². The van der Waals surface area contributed by atoms with Crippen LogP contribution in [0.5, 0.6) is 0 Å². The number of morpholine rings is 1. The Labute approximate surface area is 132 Å². The molecule has 1 aliphatic heterocycles. The van der Waals surface area contributed by atoms with Gasteiger partial charge in [0.05, 0.1) is 13.2 Å². The van der Waals surface area contributed by atoms with Crippen LogP contribution >= 0.6 is 12.4 Å². The summed E-state index contributed by atoms with van der Waals surface area (Å²) in [6, 6.07) is 0.0468. The Morgan fingerprint density at radius 3 is 2.62 bits per heavy atom. The van der Waals surface area contributed by atoms with E-state index >= 15 is 0 Å². The highest BCUT2D eigenvalue weighted by Crippen LogP contribution is 2.17. The van der Waals surface area contributed by atoms with Gasteiger partial charge < -0.3 is 20.7 Å². The van der Waals surface area contributed by atoms with Crippen molar-refractivity contribution in [1.82, 2.24) is 16.0 Å².